The maximum absolute atomic E-state index is 6.17. The van der Waals surface area contributed by atoms with Crippen molar-refractivity contribution in [2.45, 2.75) is 62.8 Å². The maximum atomic E-state index is 6.17. The number of rotatable bonds is 4. The summed E-state index contributed by atoms with van der Waals surface area (Å²) in [5.74, 6) is 1.66. The number of allylic oxidation sites excluding steroid dienone is 1. The Balaban J connectivity index is 1.34. The van der Waals surface area contributed by atoms with Gasteiger partial charge in [-0.1, -0.05) is 84.5 Å². The van der Waals surface area contributed by atoms with Crippen molar-refractivity contribution in [2.75, 3.05) is 0 Å². The van der Waals surface area contributed by atoms with Gasteiger partial charge in [0.1, 0.15) is 4.99 Å². The molecule has 0 amide bonds. The predicted octanol–water partition coefficient (Wildman–Crippen LogP) is 6.74. The lowest BCUT2D eigenvalue weighted by molar-refractivity contribution is 0.238. The molecule has 33 heavy (non-hydrogen) atoms. The van der Waals surface area contributed by atoms with Gasteiger partial charge < -0.3 is 5.73 Å². The van der Waals surface area contributed by atoms with Crippen LogP contribution in [0, 0.1) is 23.2 Å². The van der Waals surface area contributed by atoms with Crippen LogP contribution in [0.15, 0.2) is 71.2 Å². The maximum Gasteiger partial charge on any atom is 0.109 e. The summed E-state index contributed by atoms with van der Waals surface area (Å²) >= 11 is 6.17. The van der Waals surface area contributed by atoms with Crippen LogP contribution in [0.1, 0.15) is 62.5 Å². The standard InChI is InChI=1S/C30H34N2S/c31-25-13-11-22(12-14-25)19-32-28(33)30-17-23-16-29(20-30,24-9-5-2-6-10-24)18-27(30)26(23)15-21-7-3-1-4-8-21/h1-10,15,19,22-23,25,27H,11-14,16-18,20,31H2/b26-15-,32-19+. The molecular formula is C30H34N2S. The van der Waals surface area contributed by atoms with Gasteiger partial charge in [0, 0.05) is 17.7 Å². The quantitative estimate of drug-likeness (QED) is 0.410. The van der Waals surface area contributed by atoms with E-state index in [1.807, 2.05) is 0 Å². The highest BCUT2D eigenvalue weighted by molar-refractivity contribution is 7.80. The molecule has 0 saturated heterocycles. The Kier molecular flexibility index (Phi) is 5.38. The summed E-state index contributed by atoms with van der Waals surface area (Å²) in [6.07, 6.45) is 14.0. The molecule has 0 aromatic heterocycles. The summed E-state index contributed by atoms with van der Waals surface area (Å²) in [6.45, 7) is 0. The molecule has 4 unspecified atom stereocenters. The van der Waals surface area contributed by atoms with Gasteiger partial charge in [-0.15, -0.1) is 0 Å². The first-order valence-corrected chi connectivity index (χ1v) is 13.2. The number of aliphatic imine (C=N–C) groups is 1. The van der Waals surface area contributed by atoms with Crippen molar-refractivity contribution in [3.05, 3.63) is 77.4 Å². The van der Waals surface area contributed by atoms with Gasteiger partial charge in [0.25, 0.3) is 0 Å². The van der Waals surface area contributed by atoms with Crippen molar-refractivity contribution in [1.82, 2.24) is 0 Å². The third-order valence-electron chi connectivity index (χ3n) is 9.20. The van der Waals surface area contributed by atoms with Crippen molar-refractivity contribution in [3.8, 4) is 0 Å². The van der Waals surface area contributed by atoms with Gasteiger partial charge in [-0.25, -0.2) is 0 Å². The molecule has 2 nitrogen and oxygen atoms in total. The first-order valence-electron chi connectivity index (χ1n) is 12.7. The number of benzene rings is 2. The summed E-state index contributed by atoms with van der Waals surface area (Å²) < 4.78 is 0. The van der Waals surface area contributed by atoms with Crippen molar-refractivity contribution in [3.63, 3.8) is 0 Å². The monoisotopic (exact) mass is 454 g/mol. The Morgan fingerprint density at radius 1 is 0.909 bits per heavy atom. The van der Waals surface area contributed by atoms with Crippen molar-refractivity contribution in [2.24, 2.45) is 33.9 Å². The van der Waals surface area contributed by atoms with Crippen LogP contribution >= 0.6 is 12.2 Å². The molecule has 170 valence electrons. The fourth-order valence-electron chi connectivity index (χ4n) is 7.69. The molecule has 7 rings (SSSR count). The van der Waals surface area contributed by atoms with Crippen LogP contribution in [0.4, 0.5) is 0 Å². The minimum Gasteiger partial charge on any atom is -0.328 e. The highest BCUT2D eigenvalue weighted by Crippen LogP contribution is 2.73. The normalized spacial score (nSPS) is 38.4. The van der Waals surface area contributed by atoms with Gasteiger partial charge in [0.05, 0.1) is 0 Å². The smallest absolute Gasteiger partial charge is 0.109 e. The predicted molar refractivity (Wildman–Crippen MR) is 141 cm³/mol. The van der Waals surface area contributed by atoms with Gasteiger partial charge in [0.2, 0.25) is 0 Å². The molecule has 4 bridgehead atoms. The minimum atomic E-state index is 0.0380. The van der Waals surface area contributed by atoms with Crippen LogP contribution < -0.4 is 5.73 Å². The summed E-state index contributed by atoms with van der Waals surface area (Å²) in [5, 5.41) is 0. The average molecular weight is 455 g/mol. The van der Waals surface area contributed by atoms with E-state index in [-0.39, 0.29) is 10.8 Å². The van der Waals surface area contributed by atoms with E-state index in [0.29, 0.717) is 23.8 Å². The Hall–Kier alpha value is -2.10. The van der Waals surface area contributed by atoms with E-state index in [2.05, 4.69) is 73.0 Å². The van der Waals surface area contributed by atoms with E-state index >= 15 is 0 Å². The lowest BCUT2D eigenvalue weighted by atomic mass is 9.63. The Labute approximate surface area is 203 Å². The highest BCUT2D eigenvalue weighted by atomic mass is 32.1. The summed E-state index contributed by atoms with van der Waals surface area (Å²) in [4.78, 5) is 6.02. The first-order chi connectivity index (χ1) is 16.1. The molecular weight excluding hydrogens is 420 g/mol. The van der Waals surface area contributed by atoms with Crippen LogP contribution in [0.25, 0.3) is 6.08 Å². The van der Waals surface area contributed by atoms with Crippen molar-refractivity contribution in [1.29, 1.82) is 0 Å². The third kappa shape index (κ3) is 3.65. The van der Waals surface area contributed by atoms with E-state index in [4.69, 9.17) is 22.9 Å². The molecule has 5 saturated carbocycles. The average Bonchev–Trinajstić information content (AvgIpc) is 3.22. The Morgan fingerprint density at radius 3 is 2.33 bits per heavy atom. The Morgan fingerprint density at radius 2 is 1.61 bits per heavy atom. The zero-order valence-corrected chi connectivity index (χ0v) is 20.1. The second-order valence-electron chi connectivity index (χ2n) is 11.2. The lowest BCUT2D eigenvalue weighted by Crippen LogP contribution is -2.36. The summed E-state index contributed by atoms with van der Waals surface area (Å²) in [5.41, 5.74) is 10.9. The van der Waals surface area contributed by atoms with Crippen LogP contribution in [0.5, 0.6) is 0 Å². The SMILES string of the molecule is NC1CCC(/C=N/C(=S)C23CC4CC(c5ccccc5)(CC2/C4=C\c2ccccc2)C3)CC1. The topological polar surface area (TPSA) is 38.4 Å². The van der Waals surface area contributed by atoms with Crippen LogP contribution in [-0.2, 0) is 5.41 Å². The molecule has 2 N–H and O–H groups in total. The summed E-state index contributed by atoms with van der Waals surface area (Å²) in [7, 11) is 0. The molecule has 0 heterocycles. The van der Waals surface area contributed by atoms with E-state index in [1.54, 1.807) is 5.57 Å². The number of hydrogen-bond acceptors (Lipinski definition) is 2. The molecule has 2 aromatic carbocycles. The molecule has 5 fully saturated rings. The van der Waals surface area contributed by atoms with Crippen LogP contribution in [0.2, 0.25) is 0 Å². The summed E-state index contributed by atoms with van der Waals surface area (Å²) in [6, 6.07) is 22.5. The second kappa shape index (κ2) is 8.29. The fourth-order valence-corrected chi connectivity index (χ4v) is 8.05. The lowest BCUT2D eigenvalue weighted by Gasteiger charge is -2.41. The number of nitrogens with zero attached hydrogens (tertiary/aromatic N) is 1. The highest BCUT2D eigenvalue weighted by Gasteiger charge is 2.67. The Bertz CT molecular complexity index is 1080. The first kappa shape index (κ1) is 21.4. The molecule has 5 aliphatic carbocycles. The number of nitrogens with two attached hydrogens (primary N) is 1. The third-order valence-corrected chi connectivity index (χ3v) is 9.71. The minimum absolute atomic E-state index is 0.0380. The van der Waals surface area contributed by atoms with Crippen molar-refractivity contribution >= 4 is 29.5 Å². The van der Waals surface area contributed by atoms with Crippen LogP contribution in [-0.4, -0.2) is 17.2 Å². The second-order valence-corrected chi connectivity index (χ2v) is 11.5. The molecule has 3 heteroatoms. The molecule has 2 aromatic rings. The van der Waals surface area contributed by atoms with Gasteiger partial charge >= 0.3 is 0 Å². The van der Waals surface area contributed by atoms with Crippen LogP contribution in [0.3, 0.4) is 0 Å². The van der Waals surface area contributed by atoms with E-state index in [9.17, 15) is 0 Å². The number of thiocarbonyl (C=S) groups is 1. The molecule has 0 spiro atoms. The fraction of sp³-hybridized carbons (Fsp3) is 0.467. The van der Waals surface area contributed by atoms with Crippen molar-refractivity contribution < 1.29 is 0 Å². The van der Waals surface area contributed by atoms with E-state index < -0.39 is 0 Å². The molecule has 4 atom stereocenters. The molecule has 0 radical (unpaired) electrons. The van der Waals surface area contributed by atoms with Gasteiger partial charge in [-0.3, -0.25) is 4.99 Å². The number of hydrogen-bond donors (Lipinski definition) is 1. The van der Waals surface area contributed by atoms with E-state index in [1.165, 1.54) is 30.4 Å². The van der Waals surface area contributed by atoms with Gasteiger partial charge in [-0.2, -0.15) is 0 Å². The largest absolute Gasteiger partial charge is 0.328 e. The van der Waals surface area contributed by atoms with E-state index in [0.717, 1.165) is 37.1 Å². The molecule has 0 aliphatic heterocycles. The van der Waals surface area contributed by atoms with Gasteiger partial charge in [0.15, 0.2) is 0 Å². The zero-order valence-electron chi connectivity index (χ0n) is 19.3. The van der Waals surface area contributed by atoms with Gasteiger partial charge in [-0.05, 0) is 85.7 Å². The molecule has 5 aliphatic rings. The zero-order chi connectivity index (χ0) is 22.5.